The van der Waals surface area contributed by atoms with Crippen LogP contribution < -0.4 is 0 Å². The third kappa shape index (κ3) is 7.39. The second-order valence-electron chi connectivity index (χ2n) is 4.13. The Kier molecular flexibility index (Phi) is 7.54. The molecule has 19 heavy (non-hydrogen) atoms. The van der Waals surface area contributed by atoms with Gasteiger partial charge in [0.2, 0.25) is 0 Å². The van der Waals surface area contributed by atoms with Crippen LogP contribution >= 0.6 is 0 Å². The third-order valence-corrected chi connectivity index (χ3v) is 2.53. The molecule has 0 amide bonds. The molecule has 0 unspecified atom stereocenters. The zero-order valence-electron chi connectivity index (χ0n) is 11.2. The van der Waals surface area contributed by atoms with E-state index < -0.39 is 5.97 Å². The molecule has 0 saturated carbocycles. The molecule has 0 aliphatic carbocycles. The first-order valence-corrected chi connectivity index (χ1v) is 6.29. The van der Waals surface area contributed by atoms with E-state index in [2.05, 4.69) is 0 Å². The molecule has 0 fully saturated rings. The Hall–Kier alpha value is -1.65. The number of hydrogen-bond donors (Lipinski definition) is 1. The number of carboxylic acids is 1. The average Bonchev–Trinajstić information content (AvgIpc) is 2.42. The molecular weight excluding hydrogens is 244 g/mol. The summed E-state index contributed by atoms with van der Waals surface area (Å²) in [5, 5.41) is 8.63. The molecule has 4 heteroatoms. The van der Waals surface area contributed by atoms with Crippen LogP contribution in [0.4, 0.5) is 0 Å². The Bertz CT molecular complexity index is 398. The van der Waals surface area contributed by atoms with E-state index in [4.69, 9.17) is 14.6 Å². The van der Waals surface area contributed by atoms with Crippen LogP contribution in [0.2, 0.25) is 0 Å². The van der Waals surface area contributed by atoms with Gasteiger partial charge in [0, 0.05) is 5.57 Å². The fourth-order valence-corrected chi connectivity index (χ4v) is 1.43. The van der Waals surface area contributed by atoms with Crippen LogP contribution in [0.1, 0.15) is 18.9 Å². The van der Waals surface area contributed by atoms with Gasteiger partial charge in [0.25, 0.3) is 0 Å². The molecule has 0 radical (unpaired) electrons. The van der Waals surface area contributed by atoms with E-state index in [0.717, 1.165) is 5.56 Å². The minimum Gasteiger partial charge on any atom is -0.478 e. The quantitative estimate of drug-likeness (QED) is 0.550. The summed E-state index contributed by atoms with van der Waals surface area (Å²) >= 11 is 0. The van der Waals surface area contributed by atoms with E-state index in [1.807, 2.05) is 30.3 Å². The Balaban J connectivity index is 1.97. The van der Waals surface area contributed by atoms with Gasteiger partial charge < -0.3 is 14.6 Å². The summed E-state index contributed by atoms with van der Waals surface area (Å²) in [6, 6.07) is 9.96. The van der Waals surface area contributed by atoms with Crippen LogP contribution in [0, 0.1) is 0 Å². The van der Waals surface area contributed by atoms with E-state index in [9.17, 15) is 4.79 Å². The lowest BCUT2D eigenvalue weighted by atomic mass is 10.2. The standard InChI is InChI=1S/C15H20O4/c1-13(15(16)17)6-5-9-18-10-11-19-12-14-7-3-2-4-8-14/h2-4,6-8H,5,9-12H2,1H3,(H,16,17). The van der Waals surface area contributed by atoms with Gasteiger partial charge in [-0.1, -0.05) is 36.4 Å². The summed E-state index contributed by atoms with van der Waals surface area (Å²) in [7, 11) is 0. The van der Waals surface area contributed by atoms with E-state index in [1.165, 1.54) is 0 Å². The number of rotatable bonds is 9. The Morgan fingerprint density at radius 3 is 2.53 bits per heavy atom. The first-order chi connectivity index (χ1) is 9.20. The molecule has 1 N–H and O–H groups in total. The largest absolute Gasteiger partial charge is 0.478 e. The van der Waals surface area contributed by atoms with Crippen LogP contribution in [-0.4, -0.2) is 30.9 Å². The van der Waals surface area contributed by atoms with Crippen LogP contribution in [0.25, 0.3) is 0 Å². The summed E-state index contributed by atoms with van der Waals surface area (Å²) in [6.07, 6.45) is 2.27. The number of carboxylic acid groups (broad SMARTS) is 1. The van der Waals surface area contributed by atoms with Crippen LogP contribution in [-0.2, 0) is 20.9 Å². The SMILES string of the molecule is CC(=CCCOCCOCc1ccccc1)C(=O)O. The molecule has 0 spiro atoms. The second-order valence-corrected chi connectivity index (χ2v) is 4.13. The molecule has 0 aliphatic rings. The van der Waals surface area contributed by atoms with Crippen LogP contribution in [0.5, 0.6) is 0 Å². The van der Waals surface area contributed by atoms with Gasteiger partial charge in [0.05, 0.1) is 26.4 Å². The zero-order chi connectivity index (χ0) is 13.9. The lowest BCUT2D eigenvalue weighted by molar-refractivity contribution is -0.132. The first-order valence-electron chi connectivity index (χ1n) is 6.29. The highest BCUT2D eigenvalue weighted by molar-refractivity contribution is 5.85. The first kappa shape index (κ1) is 15.4. The predicted octanol–water partition coefficient (Wildman–Crippen LogP) is 2.64. The molecule has 0 bridgehead atoms. The fourth-order valence-electron chi connectivity index (χ4n) is 1.43. The Morgan fingerprint density at radius 1 is 1.16 bits per heavy atom. The molecule has 4 nitrogen and oxygen atoms in total. The van der Waals surface area contributed by atoms with Gasteiger partial charge in [-0.15, -0.1) is 0 Å². The van der Waals surface area contributed by atoms with Gasteiger partial charge >= 0.3 is 5.97 Å². The average molecular weight is 264 g/mol. The van der Waals surface area contributed by atoms with Crippen molar-refractivity contribution in [2.24, 2.45) is 0 Å². The minimum atomic E-state index is -0.883. The third-order valence-electron chi connectivity index (χ3n) is 2.53. The summed E-state index contributed by atoms with van der Waals surface area (Å²) < 4.78 is 10.8. The summed E-state index contributed by atoms with van der Waals surface area (Å²) in [4.78, 5) is 10.5. The van der Waals surface area contributed by atoms with E-state index in [-0.39, 0.29) is 0 Å². The molecule has 0 atom stereocenters. The van der Waals surface area contributed by atoms with Crippen molar-refractivity contribution < 1.29 is 19.4 Å². The maximum absolute atomic E-state index is 10.5. The number of carbonyl (C=O) groups is 1. The molecule has 1 aromatic rings. The van der Waals surface area contributed by atoms with E-state index in [1.54, 1.807) is 13.0 Å². The highest BCUT2D eigenvalue weighted by Crippen LogP contribution is 2.00. The topological polar surface area (TPSA) is 55.8 Å². The Morgan fingerprint density at radius 2 is 1.84 bits per heavy atom. The van der Waals surface area contributed by atoms with Crippen molar-refractivity contribution in [1.29, 1.82) is 0 Å². The molecule has 0 aliphatic heterocycles. The van der Waals surface area contributed by atoms with Gasteiger partial charge in [-0.05, 0) is 18.9 Å². The second kappa shape index (κ2) is 9.30. The molecule has 0 aromatic heterocycles. The fraction of sp³-hybridized carbons (Fsp3) is 0.400. The van der Waals surface area contributed by atoms with Crippen molar-refractivity contribution in [1.82, 2.24) is 0 Å². The van der Waals surface area contributed by atoms with Crippen molar-refractivity contribution in [3.63, 3.8) is 0 Å². The molecule has 0 heterocycles. The number of ether oxygens (including phenoxy) is 2. The minimum absolute atomic E-state index is 0.351. The van der Waals surface area contributed by atoms with Gasteiger partial charge in [-0.3, -0.25) is 0 Å². The Labute approximate surface area is 113 Å². The predicted molar refractivity (Wildman–Crippen MR) is 72.9 cm³/mol. The lowest BCUT2D eigenvalue weighted by Crippen LogP contribution is -2.05. The summed E-state index contributed by atoms with van der Waals surface area (Å²) in [5.41, 5.74) is 1.49. The van der Waals surface area contributed by atoms with Crippen LogP contribution in [0.3, 0.4) is 0 Å². The number of aliphatic carboxylic acids is 1. The smallest absolute Gasteiger partial charge is 0.330 e. The highest BCUT2D eigenvalue weighted by Gasteiger charge is 1.97. The van der Waals surface area contributed by atoms with Crippen LogP contribution in [0.15, 0.2) is 42.0 Å². The monoisotopic (exact) mass is 264 g/mol. The molecule has 104 valence electrons. The highest BCUT2D eigenvalue weighted by atomic mass is 16.5. The molecule has 0 saturated heterocycles. The zero-order valence-corrected chi connectivity index (χ0v) is 11.2. The summed E-state index contributed by atoms with van der Waals surface area (Å²) in [6.45, 7) is 3.73. The van der Waals surface area contributed by atoms with Gasteiger partial charge in [-0.25, -0.2) is 4.79 Å². The van der Waals surface area contributed by atoms with E-state index >= 15 is 0 Å². The van der Waals surface area contributed by atoms with Gasteiger partial charge in [0.1, 0.15) is 0 Å². The maximum atomic E-state index is 10.5. The molecule has 1 aromatic carbocycles. The molecular formula is C15H20O4. The normalized spacial score (nSPS) is 11.5. The molecule has 1 rings (SSSR count). The van der Waals surface area contributed by atoms with E-state index in [0.29, 0.717) is 38.4 Å². The van der Waals surface area contributed by atoms with Crippen molar-refractivity contribution in [2.75, 3.05) is 19.8 Å². The van der Waals surface area contributed by atoms with Crippen molar-refractivity contribution in [2.45, 2.75) is 20.0 Å². The number of hydrogen-bond acceptors (Lipinski definition) is 3. The number of benzene rings is 1. The van der Waals surface area contributed by atoms with Gasteiger partial charge in [0.15, 0.2) is 0 Å². The van der Waals surface area contributed by atoms with Gasteiger partial charge in [-0.2, -0.15) is 0 Å². The van der Waals surface area contributed by atoms with Crippen molar-refractivity contribution >= 4 is 5.97 Å². The van der Waals surface area contributed by atoms with Crippen molar-refractivity contribution in [3.05, 3.63) is 47.5 Å². The lowest BCUT2D eigenvalue weighted by Gasteiger charge is -2.05. The summed E-state index contributed by atoms with van der Waals surface area (Å²) in [5.74, 6) is -0.883. The maximum Gasteiger partial charge on any atom is 0.330 e. The van der Waals surface area contributed by atoms with Crippen molar-refractivity contribution in [3.8, 4) is 0 Å².